The highest BCUT2D eigenvalue weighted by atomic mass is 32.2. The van der Waals surface area contributed by atoms with E-state index >= 15 is 0 Å². The van der Waals surface area contributed by atoms with Gasteiger partial charge in [0, 0.05) is 12.2 Å². The number of amides is 1. The lowest BCUT2D eigenvalue weighted by molar-refractivity contribution is -0.123. The molecule has 1 amide bonds. The number of nitrogens with one attached hydrogen (secondary N) is 2. The molecule has 2 aromatic rings. The molecule has 0 saturated heterocycles. The maximum atomic E-state index is 12.7. The van der Waals surface area contributed by atoms with Crippen LogP contribution in [0.25, 0.3) is 0 Å². The van der Waals surface area contributed by atoms with Crippen molar-refractivity contribution in [1.29, 1.82) is 0 Å². The second-order valence-electron chi connectivity index (χ2n) is 7.99. The van der Waals surface area contributed by atoms with Crippen molar-refractivity contribution < 1.29 is 22.7 Å². The minimum atomic E-state index is -3.76. The molecule has 178 valence electrons. The zero-order valence-electron chi connectivity index (χ0n) is 19.2. The fourth-order valence-electron chi connectivity index (χ4n) is 3.64. The van der Waals surface area contributed by atoms with Crippen LogP contribution in [0.4, 0.5) is 5.69 Å². The van der Waals surface area contributed by atoms with E-state index in [4.69, 9.17) is 9.47 Å². The zero-order chi connectivity index (χ0) is 23.7. The molecule has 0 spiro atoms. The fourth-order valence-corrected chi connectivity index (χ4v) is 4.78. The Bertz CT molecular complexity index is 1080. The van der Waals surface area contributed by atoms with Gasteiger partial charge in [0.15, 0.2) is 6.61 Å². The van der Waals surface area contributed by atoms with E-state index in [2.05, 4.69) is 16.1 Å². The van der Waals surface area contributed by atoms with Crippen LogP contribution in [-0.2, 0) is 14.8 Å². The number of allylic oxidation sites excluding steroid dienone is 1. The largest absolute Gasteiger partial charge is 0.494 e. The summed E-state index contributed by atoms with van der Waals surface area (Å²) in [6.07, 6.45) is 7.88. The van der Waals surface area contributed by atoms with Gasteiger partial charge in [0.05, 0.1) is 11.5 Å². The van der Waals surface area contributed by atoms with Gasteiger partial charge in [-0.15, -0.1) is 0 Å². The molecule has 1 aliphatic rings. The van der Waals surface area contributed by atoms with Crippen molar-refractivity contribution in [2.24, 2.45) is 0 Å². The van der Waals surface area contributed by atoms with E-state index < -0.39 is 10.0 Å². The molecule has 0 atom stereocenters. The zero-order valence-corrected chi connectivity index (χ0v) is 20.0. The summed E-state index contributed by atoms with van der Waals surface area (Å²) in [6.45, 7) is 4.66. The van der Waals surface area contributed by atoms with E-state index in [9.17, 15) is 13.2 Å². The number of anilines is 1. The third-order valence-electron chi connectivity index (χ3n) is 5.39. The van der Waals surface area contributed by atoms with Gasteiger partial charge in [0.2, 0.25) is 0 Å². The molecule has 0 saturated carbocycles. The molecule has 2 N–H and O–H groups in total. The number of rotatable bonds is 11. The van der Waals surface area contributed by atoms with Gasteiger partial charge in [-0.2, -0.15) is 0 Å². The van der Waals surface area contributed by atoms with E-state index in [1.807, 2.05) is 6.92 Å². The van der Waals surface area contributed by atoms with Crippen molar-refractivity contribution in [1.82, 2.24) is 5.32 Å². The molecule has 1 aliphatic carbocycles. The van der Waals surface area contributed by atoms with Crippen molar-refractivity contribution in [3.63, 3.8) is 0 Å². The van der Waals surface area contributed by atoms with Gasteiger partial charge in [-0.3, -0.25) is 9.52 Å². The molecule has 0 bridgehead atoms. The number of hydrogen-bond donors (Lipinski definition) is 2. The van der Waals surface area contributed by atoms with E-state index in [-0.39, 0.29) is 17.4 Å². The number of carbonyl (C=O) groups is 1. The van der Waals surface area contributed by atoms with Crippen LogP contribution in [0.2, 0.25) is 0 Å². The third-order valence-corrected chi connectivity index (χ3v) is 6.77. The van der Waals surface area contributed by atoms with E-state index in [1.165, 1.54) is 30.5 Å². The highest BCUT2D eigenvalue weighted by molar-refractivity contribution is 7.92. The van der Waals surface area contributed by atoms with Crippen LogP contribution < -0.4 is 19.5 Å². The lowest BCUT2D eigenvalue weighted by Crippen LogP contribution is -2.30. The predicted octanol–water partition coefficient (Wildman–Crippen LogP) is 4.58. The van der Waals surface area contributed by atoms with Crippen LogP contribution in [-0.4, -0.2) is 34.1 Å². The molecule has 33 heavy (non-hydrogen) atoms. The first-order valence-corrected chi connectivity index (χ1v) is 12.8. The molecule has 0 aromatic heterocycles. The summed E-state index contributed by atoms with van der Waals surface area (Å²) < 4.78 is 39.0. The van der Waals surface area contributed by atoms with Crippen LogP contribution >= 0.6 is 0 Å². The molecule has 0 aliphatic heterocycles. The van der Waals surface area contributed by atoms with Gasteiger partial charge in [0.1, 0.15) is 11.5 Å². The second kappa shape index (κ2) is 11.7. The Labute approximate surface area is 196 Å². The number of hydrogen-bond acceptors (Lipinski definition) is 5. The number of aryl methyl sites for hydroxylation is 1. The minimum Gasteiger partial charge on any atom is -0.494 e. The van der Waals surface area contributed by atoms with Crippen LogP contribution in [0.1, 0.15) is 44.6 Å². The molecule has 0 heterocycles. The van der Waals surface area contributed by atoms with Crippen LogP contribution in [0.5, 0.6) is 11.5 Å². The third kappa shape index (κ3) is 7.53. The Hall–Kier alpha value is -3.00. The minimum absolute atomic E-state index is 0.115. The first-order chi connectivity index (χ1) is 15.9. The molecule has 8 heteroatoms. The molecule has 0 unspecified atom stereocenters. The number of ether oxygens (including phenoxy) is 2. The van der Waals surface area contributed by atoms with Gasteiger partial charge in [-0.05, 0) is 94.0 Å². The molecular weight excluding hydrogens is 440 g/mol. The summed E-state index contributed by atoms with van der Waals surface area (Å²) in [4.78, 5) is 12.2. The molecule has 0 radical (unpaired) electrons. The Kier molecular flexibility index (Phi) is 8.77. The molecule has 7 nitrogen and oxygen atoms in total. The van der Waals surface area contributed by atoms with Gasteiger partial charge in [-0.25, -0.2) is 8.42 Å². The average Bonchev–Trinajstić information content (AvgIpc) is 2.80. The predicted molar refractivity (Wildman–Crippen MR) is 129 cm³/mol. The molecule has 0 fully saturated rings. The first kappa shape index (κ1) is 24.6. The van der Waals surface area contributed by atoms with E-state index in [0.29, 0.717) is 35.9 Å². The van der Waals surface area contributed by atoms with Crippen molar-refractivity contribution >= 4 is 21.6 Å². The Morgan fingerprint density at radius 2 is 1.85 bits per heavy atom. The quantitative estimate of drug-likeness (QED) is 0.467. The van der Waals surface area contributed by atoms with Crippen molar-refractivity contribution in [3.05, 3.63) is 59.7 Å². The first-order valence-electron chi connectivity index (χ1n) is 11.3. The topological polar surface area (TPSA) is 93.7 Å². The lowest BCUT2D eigenvalue weighted by Gasteiger charge is -2.14. The smallest absolute Gasteiger partial charge is 0.261 e. The monoisotopic (exact) mass is 472 g/mol. The number of sulfonamides is 1. The number of benzene rings is 2. The highest BCUT2D eigenvalue weighted by Crippen LogP contribution is 2.24. The lowest BCUT2D eigenvalue weighted by atomic mass is 9.97. The second-order valence-corrected chi connectivity index (χ2v) is 9.67. The standard InChI is InChI=1S/C25H32N2O5S/c1-3-31-22-11-9-21(10-12-22)27-33(29,30)23-13-14-24(19(2)17-23)32-18-25(28)26-16-15-20-7-5-4-6-8-20/h7,9-14,17,27H,3-6,8,15-16,18H2,1-2H3,(H,26,28). The van der Waals surface area contributed by atoms with Crippen molar-refractivity contribution in [2.45, 2.75) is 50.8 Å². The van der Waals surface area contributed by atoms with Crippen LogP contribution in [0.15, 0.2) is 59.0 Å². The van der Waals surface area contributed by atoms with Gasteiger partial charge in [-0.1, -0.05) is 11.6 Å². The average molecular weight is 473 g/mol. The Balaban J connectivity index is 1.51. The maximum absolute atomic E-state index is 12.7. The van der Waals surface area contributed by atoms with E-state index in [1.54, 1.807) is 37.3 Å². The summed E-state index contributed by atoms with van der Waals surface area (Å²) in [5.41, 5.74) is 2.48. The van der Waals surface area contributed by atoms with E-state index in [0.717, 1.165) is 19.3 Å². The van der Waals surface area contributed by atoms with Crippen LogP contribution in [0, 0.1) is 6.92 Å². The van der Waals surface area contributed by atoms with Crippen molar-refractivity contribution in [2.75, 3.05) is 24.5 Å². The van der Waals surface area contributed by atoms with Gasteiger partial charge < -0.3 is 14.8 Å². The van der Waals surface area contributed by atoms with Crippen LogP contribution in [0.3, 0.4) is 0 Å². The normalized spacial score (nSPS) is 13.7. The summed E-state index contributed by atoms with van der Waals surface area (Å²) in [5.74, 6) is 0.952. The summed E-state index contributed by atoms with van der Waals surface area (Å²) in [6, 6.07) is 11.3. The Morgan fingerprint density at radius 3 is 2.52 bits per heavy atom. The Morgan fingerprint density at radius 1 is 1.06 bits per heavy atom. The molecular formula is C25H32N2O5S. The SMILES string of the molecule is CCOc1ccc(NS(=O)(=O)c2ccc(OCC(=O)NCCC3=CCCCC3)c(C)c2)cc1. The summed E-state index contributed by atoms with van der Waals surface area (Å²) in [5, 5.41) is 2.87. The summed E-state index contributed by atoms with van der Waals surface area (Å²) >= 11 is 0. The van der Waals surface area contributed by atoms with Gasteiger partial charge >= 0.3 is 0 Å². The number of carbonyl (C=O) groups excluding carboxylic acids is 1. The van der Waals surface area contributed by atoms with Crippen molar-refractivity contribution in [3.8, 4) is 11.5 Å². The fraction of sp³-hybridized carbons (Fsp3) is 0.400. The summed E-state index contributed by atoms with van der Waals surface area (Å²) in [7, 11) is -3.76. The van der Waals surface area contributed by atoms with Gasteiger partial charge in [0.25, 0.3) is 15.9 Å². The maximum Gasteiger partial charge on any atom is 0.261 e. The molecule has 3 rings (SSSR count). The highest BCUT2D eigenvalue weighted by Gasteiger charge is 2.16. The molecule has 2 aromatic carbocycles.